The number of aliphatic carboxylic acids is 1. The van der Waals surface area contributed by atoms with Crippen molar-refractivity contribution in [1.29, 1.82) is 0 Å². The van der Waals surface area contributed by atoms with Gasteiger partial charge in [0.15, 0.2) is 12.2 Å². The van der Waals surface area contributed by atoms with Gasteiger partial charge in [-0.15, -0.1) is 0 Å². The topological polar surface area (TPSA) is 110 Å². The van der Waals surface area contributed by atoms with E-state index in [9.17, 15) is 14.4 Å². The van der Waals surface area contributed by atoms with Gasteiger partial charge in [-0.05, 0) is 26.7 Å². The van der Waals surface area contributed by atoms with Crippen LogP contribution in [-0.2, 0) is 23.9 Å². The Hall–Kier alpha value is -1.63. The molecule has 21 heavy (non-hydrogen) atoms. The van der Waals surface area contributed by atoms with Crippen LogP contribution < -0.4 is 0 Å². The molecule has 0 aliphatic heterocycles. The van der Waals surface area contributed by atoms with E-state index >= 15 is 0 Å². The molecule has 0 saturated heterocycles. The summed E-state index contributed by atoms with van der Waals surface area (Å²) in [6.45, 7) is 4.47. The summed E-state index contributed by atoms with van der Waals surface area (Å²) in [7, 11) is 0. The minimum Gasteiger partial charge on any atom is -0.479 e. The maximum Gasteiger partial charge on any atom is 0.348 e. The van der Waals surface area contributed by atoms with Gasteiger partial charge in [0.25, 0.3) is 0 Å². The largest absolute Gasteiger partial charge is 0.479 e. The van der Waals surface area contributed by atoms with Gasteiger partial charge >= 0.3 is 17.9 Å². The van der Waals surface area contributed by atoms with Crippen LogP contribution in [-0.4, -0.2) is 46.4 Å². The highest BCUT2D eigenvalue weighted by molar-refractivity contribution is 5.83. The van der Waals surface area contributed by atoms with Crippen molar-refractivity contribution in [2.24, 2.45) is 0 Å². The number of carboxylic acid groups (broad SMARTS) is 1. The zero-order valence-electron chi connectivity index (χ0n) is 12.7. The van der Waals surface area contributed by atoms with E-state index in [1.54, 1.807) is 0 Å². The number of hydrogen-bond acceptors (Lipinski definition) is 6. The summed E-state index contributed by atoms with van der Waals surface area (Å²) in [5.74, 6) is -3.12. The lowest BCUT2D eigenvalue weighted by Crippen LogP contribution is -2.36. The fourth-order valence-corrected chi connectivity index (χ4v) is 1.52. The van der Waals surface area contributed by atoms with Gasteiger partial charge in [0, 0.05) is 0 Å². The summed E-state index contributed by atoms with van der Waals surface area (Å²) in [6, 6.07) is 0. The Morgan fingerprint density at radius 1 is 1.00 bits per heavy atom. The molecule has 3 unspecified atom stereocenters. The molecule has 0 bridgehead atoms. The maximum absolute atomic E-state index is 11.8. The first-order valence-corrected chi connectivity index (χ1v) is 7.11. The van der Waals surface area contributed by atoms with Gasteiger partial charge in [0.1, 0.15) is 6.10 Å². The van der Waals surface area contributed by atoms with E-state index in [0.29, 0.717) is 6.42 Å². The second-order valence-corrected chi connectivity index (χ2v) is 4.87. The van der Waals surface area contributed by atoms with Crippen molar-refractivity contribution in [2.45, 2.75) is 71.2 Å². The van der Waals surface area contributed by atoms with E-state index < -0.39 is 36.2 Å². The summed E-state index contributed by atoms with van der Waals surface area (Å²) < 4.78 is 9.59. The van der Waals surface area contributed by atoms with Crippen molar-refractivity contribution in [2.75, 3.05) is 0 Å². The van der Waals surface area contributed by atoms with E-state index in [1.807, 2.05) is 6.92 Å². The molecular formula is C14H24O7. The zero-order chi connectivity index (χ0) is 16.4. The predicted octanol–water partition coefficient (Wildman–Crippen LogP) is 1.27. The van der Waals surface area contributed by atoms with E-state index in [0.717, 1.165) is 19.3 Å². The van der Waals surface area contributed by atoms with Gasteiger partial charge < -0.3 is 19.7 Å². The lowest BCUT2D eigenvalue weighted by Gasteiger charge is -2.19. The Bertz CT molecular complexity index is 351. The maximum atomic E-state index is 11.8. The first kappa shape index (κ1) is 19.4. The Balaban J connectivity index is 4.57. The van der Waals surface area contributed by atoms with Crippen LogP contribution in [0.4, 0.5) is 0 Å². The molecule has 0 radical (unpaired) electrons. The van der Waals surface area contributed by atoms with E-state index in [-0.39, 0.29) is 6.42 Å². The third-order valence-electron chi connectivity index (χ3n) is 2.82. The Kier molecular flexibility index (Phi) is 9.36. The van der Waals surface area contributed by atoms with Crippen molar-refractivity contribution >= 4 is 17.9 Å². The number of hydrogen-bond donors (Lipinski definition) is 2. The molecule has 0 spiro atoms. The van der Waals surface area contributed by atoms with Crippen LogP contribution in [0.2, 0.25) is 0 Å². The highest BCUT2D eigenvalue weighted by atomic mass is 16.6. The summed E-state index contributed by atoms with van der Waals surface area (Å²) >= 11 is 0. The van der Waals surface area contributed by atoms with Crippen molar-refractivity contribution < 1.29 is 34.1 Å². The number of aliphatic hydroxyl groups is 1. The molecule has 7 nitrogen and oxygen atoms in total. The fourth-order valence-electron chi connectivity index (χ4n) is 1.52. The second kappa shape index (κ2) is 10.1. The third kappa shape index (κ3) is 8.29. The van der Waals surface area contributed by atoms with Crippen molar-refractivity contribution in [3.05, 3.63) is 0 Å². The van der Waals surface area contributed by atoms with E-state index in [4.69, 9.17) is 19.7 Å². The summed E-state index contributed by atoms with van der Waals surface area (Å²) in [4.78, 5) is 33.9. The standard InChI is InChI=1S/C14H24O7/c1-4-5-6-7-8-11(21-13(18)9(2)15)14(19)20-10(3)12(16)17/h9-11,15H,4-8H2,1-3H3,(H,16,17). The smallest absolute Gasteiger partial charge is 0.348 e. The zero-order valence-corrected chi connectivity index (χ0v) is 12.7. The van der Waals surface area contributed by atoms with Gasteiger partial charge in [-0.1, -0.05) is 26.2 Å². The quantitative estimate of drug-likeness (QED) is 0.462. The molecule has 0 amide bonds. The van der Waals surface area contributed by atoms with Crippen molar-refractivity contribution in [3.63, 3.8) is 0 Å². The number of aliphatic hydroxyl groups excluding tert-OH is 1. The Labute approximate surface area is 124 Å². The average Bonchev–Trinajstić information content (AvgIpc) is 2.41. The normalized spacial score (nSPS) is 14.9. The molecule has 3 atom stereocenters. The van der Waals surface area contributed by atoms with Gasteiger partial charge in [-0.25, -0.2) is 14.4 Å². The lowest BCUT2D eigenvalue weighted by molar-refractivity contribution is -0.179. The Morgan fingerprint density at radius 3 is 2.10 bits per heavy atom. The van der Waals surface area contributed by atoms with Crippen LogP contribution in [0, 0.1) is 0 Å². The Morgan fingerprint density at radius 2 is 1.62 bits per heavy atom. The number of ether oxygens (including phenoxy) is 2. The molecule has 2 N–H and O–H groups in total. The molecule has 0 aromatic rings. The van der Waals surface area contributed by atoms with Crippen LogP contribution in [0.1, 0.15) is 52.9 Å². The highest BCUT2D eigenvalue weighted by Gasteiger charge is 2.28. The lowest BCUT2D eigenvalue weighted by atomic mass is 10.1. The summed E-state index contributed by atoms with van der Waals surface area (Å²) in [5.41, 5.74) is 0. The number of carbonyl (C=O) groups is 3. The van der Waals surface area contributed by atoms with Crippen molar-refractivity contribution in [1.82, 2.24) is 0 Å². The molecule has 0 aliphatic rings. The van der Waals surface area contributed by atoms with E-state index in [2.05, 4.69) is 0 Å². The van der Waals surface area contributed by atoms with Crippen molar-refractivity contribution in [3.8, 4) is 0 Å². The van der Waals surface area contributed by atoms with Crippen LogP contribution in [0.25, 0.3) is 0 Å². The molecule has 122 valence electrons. The van der Waals surface area contributed by atoms with Gasteiger partial charge in [0.05, 0.1) is 0 Å². The minimum atomic E-state index is -1.35. The molecule has 0 heterocycles. The number of rotatable bonds is 10. The van der Waals surface area contributed by atoms with E-state index in [1.165, 1.54) is 13.8 Å². The van der Waals surface area contributed by atoms with Crippen LogP contribution in [0.5, 0.6) is 0 Å². The SMILES string of the molecule is CCCCCCC(OC(=O)C(C)O)C(=O)OC(C)C(=O)O. The fraction of sp³-hybridized carbons (Fsp3) is 0.786. The van der Waals surface area contributed by atoms with Gasteiger partial charge in [-0.3, -0.25) is 0 Å². The summed E-state index contributed by atoms with van der Waals surface area (Å²) in [6.07, 6.45) is -0.122. The molecule has 0 fully saturated rings. The highest BCUT2D eigenvalue weighted by Crippen LogP contribution is 2.12. The monoisotopic (exact) mass is 304 g/mol. The molecular weight excluding hydrogens is 280 g/mol. The first-order valence-electron chi connectivity index (χ1n) is 7.11. The molecule has 7 heteroatoms. The molecule has 0 aliphatic carbocycles. The number of unbranched alkanes of at least 4 members (excludes halogenated alkanes) is 3. The molecule has 0 rings (SSSR count). The summed E-state index contributed by atoms with van der Waals surface area (Å²) in [5, 5.41) is 17.8. The minimum absolute atomic E-state index is 0.240. The van der Waals surface area contributed by atoms with Crippen LogP contribution in [0.15, 0.2) is 0 Å². The number of carbonyl (C=O) groups excluding carboxylic acids is 2. The molecule has 0 aromatic carbocycles. The first-order chi connectivity index (χ1) is 9.79. The average molecular weight is 304 g/mol. The van der Waals surface area contributed by atoms with Gasteiger partial charge in [0.2, 0.25) is 0 Å². The molecule has 0 saturated carbocycles. The van der Waals surface area contributed by atoms with Gasteiger partial charge in [-0.2, -0.15) is 0 Å². The number of carboxylic acids is 1. The number of esters is 2. The van der Waals surface area contributed by atoms with Crippen LogP contribution >= 0.6 is 0 Å². The second-order valence-electron chi connectivity index (χ2n) is 4.87. The van der Waals surface area contributed by atoms with Crippen LogP contribution in [0.3, 0.4) is 0 Å². The third-order valence-corrected chi connectivity index (χ3v) is 2.82. The molecule has 0 aromatic heterocycles. The predicted molar refractivity (Wildman–Crippen MR) is 73.5 cm³/mol.